The maximum Gasteiger partial charge on any atom is 0.232 e. The predicted molar refractivity (Wildman–Crippen MR) is 99.6 cm³/mol. The van der Waals surface area contributed by atoms with E-state index in [1.165, 1.54) is 4.90 Å². The van der Waals surface area contributed by atoms with Gasteiger partial charge in [-0.3, -0.25) is 14.5 Å². The highest BCUT2D eigenvalue weighted by atomic mass is 16.5. The van der Waals surface area contributed by atoms with Crippen LogP contribution in [0.4, 0.5) is 0 Å². The van der Waals surface area contributed by atoms with Crippen LogP contribution < -0.4 is 4.74 Å². The number of likely N-dealkylation sites (N-methyl/N-ethyl adjacent to an activating group) is 1. The van der Waals surface area contributed by atoms with Crippen LogP contribution in [0.25, 0.3) is 0 Å². The lowest BCUT2D eigenvalue weighted by Gasteiger charge is -2.32. The van der Waals surface area contributed by atoms with Gasteiger partial charge in [0.2, 0.25) is 11.8 Å². The molecule has 1 aliphatic rings. The van der Waals surface area contributed by atoms with Gasteiger partial charge in [0.1, 0.15) is 25.0 Å². The van der Waals surface area contributed by atoms with Crippen molar-refractivity contribution in [2.45, 2.75) is 32.8 Å². The van der Waals surface area contributed by atoms with Gasteiger partial charge in [-0.25, -0.2) is 0 Å². The number of hydrogen-bond donors (Lipinski definition) is 1. The Hall–Kier alpha value is -1.92. The minimum Gasteiger partial charge on any atom is -0.490 e. The van der Waals surface area contributed by atoms with E-state index in [4.69, 9.17) is 4.74 Å². The molecule has 2 amide bonds. The topological polar surface area (TPSA) is 66.8 Å². The monoisotopic (exact) mass is 363 g/mol. The highest BCUT2D eigenvalue weighted by Crippen LogP contribution is 2.19. The molecule has 2 rings (SSSR count). The molecule has 1 N–H and O–H groups in total. The Kier molecular flexibility index (Phi) is 6.78. The molecule has 0 radical (unpaired) electrons. The van der Waals surface area contributed by atoms with Crippen molar-refractivity contribution < 1.29 is 23.9 Å². The van der Waals surface area contributed by atoms with Crippen LogP contribution in [0.3, 0.4) is 0 Å². The maximum absolute atomic E-state index is 11.9. The fourth-order valence-electron chi connectivity index (χ4n) is 3.36. The van der Waals surface area contributed by atoms with Gasteiger partial charge in [-0.15, -0.1) is 0 Å². The normalized spacial score (nSPS) is 19.1. The molecule has 1 saturated heterocycles. The second-order valence-corrected chi connectivity index (χ2v) is 7.91. The highest BCUT2D eigenvalue weighted by molar-refractivity contribution is 6.03. The Morgan fingerprint density at radius 3 is 2.62 bits per heavy atom. The van der Waals surface area contributed by atoms with E-state index in [9.17, 15) is 14.7 Å². The van der Waals surface area contributed by atoms with Gasteiger partial charge >= 0.3 is 0 Å². The van der Waals surface area contributed by atoms with Gasteiger partial charge < -0.3 is 14.3 Å². The van der Waals surface area contributed by atoms with Crippen molar-refractivity contribution in [3.8, 4) is 5.75 Å². The predicted octanol–water partition coefficient (Wildman–Crippen LogP) is 1.60. The fourth-order valence-corrected chi connectivity index (χ4v) is 3.36. The largest absolute Gasteiger partial charge is 0.490 e. The summed E-state index contributed by atoms with van der Waals surface area (Å²) in [5.74, 6) is 0.467. The number of likely N-dealkylation sites (tertiary alicyclic amines) is 1. The van der Waals surface area contributed by atoms with Gasteiger partial charge in [0.05, 0.1) is 20.6 Å². The highest BCUT2D eigenvalue weighted by Gasteiger charge is 2.35. The first-order valence-corrected chi connectivity index (χ1v) is 9.22. The van der Waals surface area contributed by atoms with Crippen molar-refractivity contribution in [2.24, 2.45) is 5.92 Å². The smallest absolute Gasteiger partial charge is 0.232 e. The number of amides is 2. The number of aliphatic hydroxyl groups excluding tert-OH is 1. The molecule has 0 aromatic heterocycles. The number of para-hydroxylation sites is 1. The van der Waals surface area contributed by atoms with Crippen molar-refractivity contribution in [1.29, 1.82) is 0 Å². The van der Waals surface area contributed by atoms with Crippen LogP contribution in [-0.4, -0.2) is 72.7 Å². The van der Waals surface area contributed by atoms with E-state index >= 15 is 0 Å². The van der Waals surface area contributed by atoms with Crippen LogP contribution in [0.2, 0.25) is 0 Å². The van der Waals surface area contributed by atoms with E-state index in [2.05, 4.69) is 0 Å². The zero-order valence-corrected chi connectivity index (χ0v) is 16.3. The molecule has 0 saturated carbocycles. The third-order valence-corrected chi connectivity index (χ3v) is 4.84. The summed E-state index contributed by atoms with van der Waals surface area (Å²) < 4.78 is 6.31. The fraction of sp³-hybridized carbons (Fsp3) is 0.600. The van der Waals surface area contributed by atoms with Gasteiger partial charge in [0, 0.05) is 25.3 Å². The Labute approximate surface area is 155 Å². The molecule has 26 heavy (non-hydrogen) atoms. The van der Waals surface area contributed by atoms with Gasteiger partial charge in [-0.05, 0) is 18.6 Å². The third kappa shape index (κ3) is 5.54. The van der Waals surface area contributed by atoms with Gasteiger partial charge in [-0.1, -0.05) is 25.1 Å². The molecule has 144 valence electrons. The number of rotatable bonds is 9. The molecular formula is C20H31N2O4+. The molecule has 2 atom stereocenters. The molecule has 1 aromatic carbocycles. The van der Waals surface area contributed by atoms with Crippen LogP contribution in [0, 0.1) is 12.8 Å². The minimum atomic E-state index is -0.584. The van der Waals surface area contributed by atoms with E-state index in [0.29, 0.717) is 24.0 Å². The molecule has 6 nitrogen and oxygen atoms in total. The number of nitrogens with zero attached hydrogens (tertiary/aromatic N) is 2. The first-order valence-electron chi connectivity index (χ1n) is 9.22. The van der Waals surface area contributed by atoms with Gasteiger partial charge in [-0.2, -0.15) is 0 Å². The van der Waals surface area contributed by atoms with Crippen LogP contribution in [-0.2, 0) is 9.59 Å². The first-order chi connectivity index (χ1) is 12.2. The SMILES string of the molecule is Cc1ccccc1OCC(O)C[N+](C)(C)CCCN1C(=O)CC(C)C1=O. The average molecular weight is 363 g/mol. The van der Waals surface area contributed by atoms with E-state index < -0.39 is 6.10 Å². The van der Waals surface area contributed by atoms with Crippen LogP contribution in [0.1, 0.15) is 25.3 Å². The minimum absolute atomic E-state index is 0.0630. The molecule has 1 fully saturated rings. The zero-order valence-electron chi connectivity index (χ0n) is 16.3. The summed E-state index contributed by atoms with van der Waals surface area (Å²) >= 11 is 0. The standard InChI is InChI=1S/C20H31N2O4/c1-15-8-5-6-9-18(15)26-14-17(23)13-22(3,4)11-7-10-21-19(24)12-16(2)20(21)25/h5-6,8-9,16-17,23H,7,10-14H2,1-4H3/q+1. The van der Waals surface area contributed by atoms with Crippen molar-refractivity contribution >= 4 is 11.8 Å². The average Bonchev–Trinajstić information content (AvgIpc) is 2.79. The molecule has 1 aliphatic heterocycles. The molecule has 2 unspecified atom stereocenters. The number of hydrogen-bond acceptors (Lipinski definition) is 4. The quantitative estimate of drug-likeness (QED) is 0.535. The first kappa shape index (κ1) is 20.4. The van der Waals surface area contributed by atoms with Gasteiger partial charge in [0.25, 0.3) is 0 Å². The molecule has 6 heteroatoms. The Balaban J connectivity index is 1.74. The van der Waals surface area contributed by atoms with Crippen LogP contribution in [0.15, 0.2) is 24.3 Å². The Morgan fingerprint density at radius 2 is 2.00 bits per heavy atom. The molecule has 0 bridgehead atoms. The molecule has 1 heterocycles. The molecule has 1 aromatic rings. The lowest BCUT2D eigenvalue weighted by Crippen LogP contribution is -2.48. The van der Waals surface area contributed by atoms with Crippen molar-refractivity contribution in [1.82, 2.24) is 4.90 Å². The molecular weight excluding hydrogens is 332 g/mol. The van der Waals surface area contributed by atoms with E-state index in [0.717, 1.165) is 24.3 Å². The Bertz CT molecular complexity index is 644. The van der Waals surface area contributed by atoms with E-state index in [1.807, 2.05) is 45.3 Å². The number of carbonyl (C=O) groups is 2. The number of imide groups is 1. The second-order valence-electron chi connectivity index (χ2n) is 7.91. The lowest BCUT2D eigenvalue weighted by atomic mass is 10.1. The number of quaternary nitrogens is 1. The molecule has 0 aliphatic carbocycles. The van der Waals surface area contributed by atoms with Crippen molar-refractivity contribution in [3.63, 3.8) is 0 Å². The number of aliphatic hydroxyl groups is 1. The number of aryl methyl sites for hydroxylation is 1. The zero-order chi connectivity index (χ0) is 19.3. The third-order valence-electron chi connectivity index (χ3n) is 4.84. The van der Waals surface area contributed by atoms with Crippen molar-refractivity contribution in [3.05, 3.63) is 29.8 Å². The summed E-state index contributed by atoms with van der Waals surface area (Å²) in [7, 11) is 4.07. The molecule has 0 spiro atoms. The van der Waals surface area contributed by atoms with E-state index in [-0.39, 0.29) is 24.3 Å². The van der Waals surface area contributed by atoms with Crippen LogP contribution in [0.5, 0.6) is 5.75 Å². The summed E-state index contributed by atoms with van der Waals surface area (Å²) in [6.45, 7) is 5.79. The summed E-state index contributed by atoms with van der Waals surface area (Å²) in [5.41, 5.74) is 1.04. The second kappa shape index (κ2) is 8.64. The number of ether oxygens (including phenoxy) is 1. The lowest BCUT2D eigenvalue weighted by molar-refractivity contribution is -0.893. The number of benzene rings is 1. The van der Waals surface area contributed by atoms with Crippen LogP contribution >= 0.6 is 0 Å². The Morgan fingerprint density at radius 1 is 1.31 bits per heavy atom. The number of carbonyl (C=O) groups excluding carboxylic acids is 2. The van der Waals surface area contributed by atoms with E-state index in [1.54, 1.807) is 6.92 Å². The maximum atomic E-state index is 11.9. The van der Waals surface area contributed by atoms with Crippen molar-refractivity contribution in [2.75, 3.05) is 40.3 Å². The summed E-state index contributed by atoms with van der Waals surface area (Å²) in [5, 5.41) is 10.3. The summed E-state index contributed by atoms with van der Waals surface area (Å²) in [6, 6.07) is 7.74. The van der Waals surface area contributed by atoms with Gasteiger partial charge in [0.15, 0.2) is 0 Å². The summed E-state index contributed by atoms with van der Waals surface area (Å²) in [4.78, 5) is 25.1. The summed E-state index contributed by atoms with van der Waals surface area (Å²) in [6.07, 6.45) is 0.467.